The summed E-state index contributed by atoms with van der Waals surface area (Å²) < 4.78 is 0. The predicted octanol–water partition coefficient (Wildman–Crippen LogP) is 1.94. The Hall–Kier alpha value is -2.67. The Morgan fingerprint density at radius 2 is 1.93 bits per heavy atom. The number of para-hydroxylation sites is 1. The molecule has 1 amide bonds. The van der Waals surface area contributed by atoms with E-state index in [1.165, 1.54) is 10.9 Å². The van der Waals surface area contributed by atoms with E-state index in [0.717, 1.165) is 11.9 Å². The van der Waals surface area contributed by atoms with Gasteiger partial charge in [0.1, 0.15) is 5.60 Å². The third-order valence-electron chi connectivity index (χ3n) is 5.74. The second kappa shape index (κ2) is 8.37. The Labute approximate surface area is 170 Å². The van der Waals surface area contributed by atoms with Gasteiger partial charge in [0, 0.05) is 35.8 Å². The Balaban J connectivity index is 1.34. The molecule has 1 fully saturated rings. The van der Waals surface area contributed by atoms with E-state index in [4.69, 9.17) is 0 Å². The predicted molar refractivity (Wildman–Crippen MR) is 113 cm³/mol. The molecule has 0 saturated carbocycles. The minimum atomic E-state index is -1.36. The van der Waals surface area contributed by atoms with Gasteiger partial charge >= 0.3 is 0 Å². The van der Waals surface area contributed by atoms with Gasteiger partial charge in [-0.25, -0.2) is 0 Å². The molecule has 4 N–H and O–H groups in total. The van der Waals surface area contributed by atoms with Gasteiger partial charge in [0.15, 0.2) is 0 Å². The SMILES string of the molecule is O=C(c1ccccc1)N1CC[C@@H](O)[C@](O)(CNCCc2c[nH]c3ccccc23)C1. The summed E-state index contributed by atoms with van der Waals surface area (Å²) in [5.41, 5.74) is 1.56. The number of aliphatic hydroxyl groups is 2. The highest BCUT2D eigenvalue weighted by atomic mass is 16.3. The zero-order chi connectivity index (χ0) is 20.3. The zero-order valence-corrected chi connectivity index (χ0v) is 16.3. The number of benzene rings is 2. The number of fused-ring (bicyclic) bond motifs is 1. The molecule has 152 valence electrons. The lowest BCUT2D eigenvalue weighted by atomic mass is 9.89. The van der Waals surface area contributed by atoms with Gasteiger partial charge in [0.25, 0.3) is 5.91 Å². The summed E-state index contributed by atoms with van der Waals surface area (Å²) in [4.78, 5) is 17.6. The number of likely N-dealkylation sites (tertiary alicyclic amines) is 1. The first kappa shape index (κ1) is 19.6. The van der Waals surface area contributed by atoms with E-state index in [2.05, 4.69) is 16.4 Å². The lowest BCUT2D eigenvalue weighted by Gasteiger charge is -2.42. The number of carbonyl (C=O) groups excluding carboxylic acids is 1. The third-order valence-corrected chi connectivity index (χ3v) is 5.74. The van der Waals surface area contributed by atoms with Gasteiger partial charge < -0.3 is 25.4 Å². The summed E-state index contributed by atoms with van der Waals surface area (Å²) in [6, 6.07) is 17.2. The summed E-state index contributed by atoms with van der Waals surface area (Å²) in [6.45, 7) is 1.45. The maximum absolute atomic E-state index is 12.7. The summed E-state index contributed by atoms with van der Waals surface area (Å²) in [6.07, 6.45) is 2.32. The van der Waals surface area contributed by atoms with Gasteiger partial charge in [-0.05, 0) is 43.1 Å². The number of hydrogen-bond donors (Lipinski definition) is 4. The molecule has 6 heteroatoms. The molecule has 0 aliphatic carbocycles. The monoisotopic (exact) mass is 393 g/mol. The van der Waals surface area contributed by atoms with Crippen LogP contribution in [-0.2, 0) is 6.42 Å². The standard InChI is InChI=1S/C23H27N3O3/c27-21-11-13-26(22(28)17-6-2-1-3-7-17)16-23(21,29)15-24-12-10-18-14-25-20-9-5-4-8-19(18)20/h1-9,14,21,24-25,27,29H,10-13,15-16H2/t21-,23+/m1/s1. The van der Waals surface area contributed by atoms with Crippen LogP contribution in [0.15, 0.2) is 60.8 Å². The number of nitrogens with zero attached hydrogens (tertiary/aromatic N) is 1. The van der Waals surface area contributed by atoms with E-state index in [0.29, 0.717) is 25.1 Å². The Morgan fingerprint density at radius 3 is 2.76 bits per heavy atom. The molecule has 6 nitrogen and oxygen atoms in total. The van der Waals surface area contributed by atoms with Gasteiger partial charge in [-0.2, -0.15) is 0 Å². The van der Waals surface area contributed by atoms with Gasteiger partial charge in [0.2, 0.25) is 0 Å². The highest BCUT2D eigenvalue weighted by molar-refractivity contribution is 5.94. The quantitative estimate of drug-likeness (QED) is 0.482. The normalized spacial score (nSPS) is 22.1. The second-order valence-electron chi connectivity index (χ2n) is 7.79. The Bertz CT molecular complexity index is 972. The minimum Gasteiger partial charge on any atom is -0.390 e. The van der Waals surface area contributed by atoms with E-state index < -0.39 is 11.7 Å². The number of H-pyrrole nitrogens is 1. The highest BCUT2D eigenvalue weighted by Gasteiger charge is 2.42. The van der Waals surface area contributed by atoms with Crippen LogP contribution in [0.4, 0.5) is 0 Å². The first-order valence-corrected chi connectivity index (χ1v) is 10.1. The fraction of sp³-hybridized carbons (Fsp3) is 0.348. The molecule has 1 aliphatic rings. The van der Waals surface area contributed by atoms with Crippen LogP contribution in [-0.4, -0.2) is 63.9 Å². The van der Waals surface area contributed by atoms with Crippen molar-refractivity contribution in [3.8, 4) is 0 Å². The van der Waals surface area contributed by atoms with Crippen LogP contribution in [0, 0.1) is 0 Å². The number of aliphatic hydroxyl groups excluding tert-OH is 1. The van der Waals surface area contributed by atoms with Gasteiger partial charge in [-0.1, -0.05) is 36.4 Å². The van der Waals surface area contributed by atoms with Gasteiger partial charge in [0.05, 0.1) is 12.6 Å². The molecule has 1 aromatic heterocycles. The molecule has 0 spiro atoms. The number of β-amino-alcohol motifs (C(OH)–C–C–N with tert-alkyl or cyclic N) is 1. The smallest absolute Gasteiger partial charge is 0.253 e. The van der Waals surface area contributed by atoms with Crippen LogP contribution in [0.3, 0.4) is 0 Å². The number of aromatic nitrogens is 1. The summed E-state index contributed by atoms with van der Waals surface area (Å²) in [7, 11) is 0. The fourth-order valence-electron chi connectivity index (χ4n) is 4.04. The average Bonchev–Trinajstić information content (AvgIpc) is 3.17. The van der Waals surface area contributed by atoms with Crippen LogP contribution >= 0.6 is 0 Å². The Kier molecular flexibility index (Phi) is 5.67. The number of piperidine rings is 1. The lowest BCUT2D eigenvalue weighted by molar-refractivity contribution is -0.111. The minimum absolute atomic E-state index is 0.113. The highest BCUT2D eigenvalue weighted by Crippen LogP contribution is 2.23. The fourth-order valence-corrected chi connectivity index (χ4v) is 4.04. The van der Waals surface area contributed by atoms with E-state index in [9.17, 15) is 15.0 Å². The van der Waals surface area contributed by atoms with Gasteiger partial charge in [-0.15, -0.1) is 0 Å². The molecular formula is C23H27N3O3. The molecule has 3 aromatic rings. The summed E-state index contributed by atoms with van der Waals surface area (Å²) in [5, 5.41) is 25.9. The summed E-state index contributed by atoms with van der Waals surface area (Å²) in [5.74, 6) is -0.116. The molecule has 29 heavy (non-hydrogen) atoms. The van der Waals surface area contributed by atoms with Crippen LogP contribution < -0.4 is 5.32 Å². The average molecular weight is 393 g/mol. The van der Waals surface area contributed by atoms with Crippen molar-refractivity contribution >= 4 is 16.8 Å². The van der Waals surface area contributed by atoms with Crippen molar-refractivity contribution in [2.75, 3.05) is 26.2 Å². The number of carbonyl (C=O) groups is 1. The first-order valence-electron chi connectivity index (χ1n) is 10.1. The molecule has 0 unspecified atom stereocenters. The molecular weight excluding hydrogens is 366 g/mol. The van der Waals surface area contributed by atoms with E-state index in [1.807, 2.05) is 42.6 Å². The number of amides is 1. The molecule has 2 heterocycles. The molecule has 0 bridgehead atoms. The number of hydrogen-bond acceptors (Lipinski definition) is 4. The topological polar surface area (TPSA) is 88.6 Å². The molecule has 0 radical (unpaired) electrons. The third kappa shape index (κ3) is 4.19. The maximum Gasteiger partial charge on any atom is 0.253 e. The Morgan fingerprint density at radius 1 is 1.17 bits per heavy atom. The van der Waals surface area contributed by atoms with Crippen molar-refractivity contribution in [3.63, 3.8) is 0 Å². The molecule has 2 atom stereocenters. The van der Waals surface area contributed by atoms with Crippen molar-refractivity contribution in [3.05, 3.63) is 71.9 Å². The van der Waals surface area contributed by atoms with Crippen molar-refractivity contribution < 1.29 is 15.0 Å². The van der Waals surface area contributed by atoms with E-state index in [1.54, 1.807) is 17.0 Å². The van der Waals surface area contributed by atoms with Crippen LogP contribution in [0.2, 0.25) is 0 Å². The summed E-state index contributed by atoms with van der Waals surface area (Å²) >= 11 is 0. The van der Waals surface area contributed by atoms with E-state index >= 15 is 0 Å². The zero-order valence-electron chi connectivity index (χ0n) is 16.3. The van der Waals surface area contributed by atoms with Crippen molar-refractivity contribution in [1.29, 1.82) is 0 Å². The molecule has 4 rings (SSSR count). The number of rotatable bonds is 6. The van der Waals surface area contributed by atoms with Crippen LogP contribution in [0.1, 0.15) is 22.3 Å². The van der Waals surface area contributed by atoms with Crippen molar-refractivity contribution in [2.45, 2.75) is 24.5 Å². The lowest BCUT2D eigenvalue weighted by Crippen LogP contribution is -2.62. The van der Waals surface area contributed by atoms with Gasteiger partial charge in [-0.3, -0.25) is 4.79 Å². The number of aromatic amines is 1. The second-order valence-corrected chi connectivity index (χ2v) is 7.79. The molecule has 1 saturated heterocycles. The number of nitrogens with one attached hydrogen (secondary N) is 2. The molecule has 1 aliphatic heterocycles. The van der Waals surface area contributed by atoms with Crippen molar-refractivity contribution in [1.82, 2.24) is 15.2 Å². The molecule has 2 aromatic carbocycles. The largest absolute Gasteiger partial charge is 0.390 e. The van der Waals surface area contributed by atoms with Crippen LogP contribution in [0.25, 0.3) is 10.9 Å². The maximum atomic E-state index is 12.7. The van der Waals surface area contributed by atoms with E-state index in [-0.39, 0.29) is 19.0 Å². The van der Waals surface area contributed by atoms with Crippen LogP contribution in [0.5, 0.6) is 0 Å². The first-order chi connectivity index (χ1) is 14.1. The van der Waals surface area contributed by atoms with Crippen molar-refractivity contribution in [2.24, 2.45) is 0 Å².